The van der Waals surface area contributed by atoms with E-state index in [2.05, 4.69) is 44.1 Å². The maximum Gasteiger partial charge on any atom is 0.129 e. The Morgan fingerprint density at radius 2 is 2.12 bits per heavy atom. The van der Waals surface area contributed by atoms with Crippen LogP contribution in [0.25, 0.3) is 0 Å². The number of rotatable bonds is 2. The maximum atomic E-state index is 4.73. The number of nitrogens with one attached hydrogen (secondary N) is 1. The number of aryl methyl sites for hydroxylation is 1. The van der Waals surface area contributed by atoms with Crippen LogP contribution in [0.3, 0.4) is 0 Å². The molecular weight excluding hydrogens is 210 g/mol. The predicted molar refractivity (Wildman–Crippen MR) is 70.1 cm³/mol. The summed E-state index contributed by atoms with van der Waals surface area (Å²) in [4.78, 5) is 9.30. The molecule has 0 radical (unpaired) electrons. The lowest BCUT2D eigenvalue weighted by molar-refractivity contribution is 0.533. The Morgan fingerprint density at radius 1 is 1.35 bits per heavy atom. The molecule has 1 aromatic rings. The molecule has 2 heterocycles. The Balaban J connectivity index is 2.19. The summed E-state index contributed by atoms with van der Waals surface area (Å²) in [7, 11) is 0. The van der Waals surface area contributed by atoms with Gasteiger partial charge in [-0.25, -0.2) is 9.97 Å². The van der Waals surface area contributed by atoms with Crippen molar-refractivity contribution in [1.29, 1.82) is 0 Å². The SMILES string of the molecule is Cc1cc(C(C)(C)C)nc(CC2CCNC2)n1. The first-order valence-electron chi connectivity index (χ1n) is 6.51. The van der Waals surface area contributed by atoms with Gasteiger partial charge in [0.15, 0.2) is 0 Å². The second kappa shape index (κ2) is 4.73. The van der Waals surface area contributed by atoms with Crippen LogP contribution in [0.4, 0.5) is 0 Å². The van der Waals surface area contributed by atoms with Crippen LogP contribution >= 0.6 is 0 Å². The summed E-state index contributed by atoms with van der Waals surface area (Å²) >= 11 is 0. The monoisotopic (exact) mass is 233 g/mol. The largest absolute Gasteiger partial charge is 0.316 e. The molecule has 0 saturated carbocycles. The van der Waals surface area contributed by atoms with Crippen molar-refractivity contribution < 1.29 is 0 Å². The molecule has 0 amide bonds. The summed E-state index contributed by atoms with van der Waals surface area (Å²) < 4.78 is 0. The first kappa shape index (κ1) is 12.5. The molecule has 17 heavy (non-hydrogen) atoms. The summed E-state index contributed by atoms with van der Waals surface area (Å²) in [6.07, 6.45) is 2.26. The van der Waals surface area contributed by atoms with E-state index in [0.717, 1.165) is 36.7 Å². The standard InChI is InChI=1S/C14H23N3/c1-10-7-12(14(2,3)4)17-13(16-10)8-11-5-6-15-9-11/h7,11,15H,5-6,8-9H2,1-4H3. The van der Waals surface area contributed by atoms with Crippen molar-refractivity contribution in [2.24, 2.45) is 5.92 Å². The van der Waals surface area contributed by atoms with Crippen molar-refractivity contribution in [2.45, 2.75) is 46.0 Å². The molecular formula is C14H23N3. The second-order valence-corrected chi connectivity index (χ2v) is 6.12. The van der Waals surface area contributed by atoms with E-state index < -0.39 is 0 Å². The number of hydrogen-bond acceptors (Lipinski definition) is 3. The van der Waals surface area contributed by atoms with Crippen molar-refractivity contribution >= 4 is 0 Å². The van der Waals surface area contributed by atoms with Gasteiger partial charge in [0.1, 0.15) is 5.82 Å². The molecule has 1 N–H and O–H groups in total. The molecule has 0 spiro atoms. The van der Waals surface area contributed by atoms with Crippen molar-refractivity contribution in [3.8, 4) is 0 Å². The first-order chi connectivity index (χ1) is 7.95. The lowest BCUT2D eigenvalue weighted by Gasteiger charge is -2.19. The van der Waals surface area contributed by atoms with E-state index >= 15 is 0 Å². The molecule has 0 aromatic carbocycles. The highest BCUT2D eigenvalue weighted by atomic mass is 14.9. The molecule has 1 aliphatic heterocycles. The minimum Gasteiger partial charge on any atom is -0.316 e. The van der Waals surface area contributed by atoms with Crippen LogP contribution in [-0.2, 0) is 11.8 Å². The first-order valence-corrected chi connectivity index (χ1v) is 6.51. The predicted octanol–water partition coefficient (Wildman–Crippen LogP) is 2.23. The van der Waals surface area contributed by atoms with Crippen LogP contribution in [0.15, 0.2) is 6.07 Å². The summed E-state index contributed by atoms with van der Waals surface area (Å²) in [5.41, 5.74) is 2.35. The highest BCUT2D eigenvalue weighted by molar-refractivity contribution is 5.17. The second-order valence-electron chi connectivity index (χ2n) is 6.12. The van der Waals surface area contributed by atoms with Gasteiger partial charge in [0, 0.05) is 23.2 Å². The number of hydrogen-bond donors (Lipinski definition) is 1. The highest BCUT2D eigenvalue weighted by Gasteiger charge is 2.20. The van der Waals surface area contributed by atoms with E-state index in [-0.39, 0.29) is 5.41 Å². The van der Waals surface area contributed by atoms with Gasteiger partial charge < -0.3 is 5.32 Å². The minimum atomic E-state index is 0.108. The molecule has 0 bridgehead atoms. The lowest BCUT2D eigenvalue weighted by Crippen LogP contribution is -2.18. The van der Waals surface area contributed by atoms with Gasteiger partial charge in [-0.2, -0.15) is 0 Å². The van der Waals surface area contributed by atoms with E-state index in [4.69, 9.17) is 4.98 Å². The van der Waals surface area contributed by atoms with Gasteiger partial charge in [0.2, 0.25) is 0 Å². The Morgan fingerprint density at radius 3 is 2.71 bits per heavy atom. The fourth-order valence-corrected chi connectivity index (χ4v) is 2.25. The van der Waals surface area contributed by atoms with Gasteiger partial charge >= 0.3 is 0 Å². The van der Waals surface area contributed by atoms with Gasteiger partial charge in [-0.05, 0) is 38.4 Å². The zero-order chi connectivity index (χ0) is 12.5. The zero-order valence-corrected chi connectivity index (χ0v) is 11.4. The zero-order valence-electron chi connectivity index (χ0n) is 11.4. The molecule has 1 aliphatic rings. The van der Waals surface area contributed by atoms with Crippen LogP contribution in [-0.4, -0.2) is 23.1 Å². The summed E-state index contributed by atoms with van der Waals surface area (Å²) in [5, 5.41) is 3.40. The van der Waals surface area contributed by atoms with Crippen LogP contribution in [0.1, 0.15) is 44.4 Å². The summed E-state index contributed by atoms with van der Waals surface area (Å²) in [6.45, 7) is 10.9. The maximum absolute atomic E-state index is 4.73. The molecule has 1 unspecified atom stereocenters. The molecule has 94 valence electrons. The molecule has 1 fully saturated rings. The molecule has 2 rings (SSSR count). The van der Waals surface area contributed by atoms with Gasteiger partial charge in [-0.1, -0.05) is 20.8 Å². The molecule has 3 nitrogen and oxygen atoms in total. The van der Waals surface area contributed by atoms with Gasteiger partial charge in [-0.15, -0.1) is 0 Å². The number of aromatic nitrogens is 2. The molecule has 1 atom stereocenters. The smallest absolute Gasteiger partial charge is 0.129 e. The fraction of sp³-hybridized carbons (Fsp3) is 0.714. The van der Waals surface area contributed by atoms with Crippen LogP contribution in [0.5, 0.6) is 0 Å². The highest BCUT2D eigenvalue weighted by Crippen LogP contribution is 2.21. The third kappa shape index (κ3) is 3.25. The third-order valence-corrected chi connectivity index (χ3v) is 3.30. The Labute approximate surface area is 104 Å². The van der Waals surface area contributed by atoms with E-state index in [1.54, 1.807) is 0 Å². The van der Waals surface area contributed by atoms with Gasteiger partial charge in [0.25, 0.3) is 0 Å². The Hall–Kier alpha value is -0.960. The Kier molecular flexibility index (Phi) is 3.48. The molecule has 1 saturated heterocycles. The van der Waals surface area contributed by atoms with E-state index in [0.29, 0.717) is 5.92 Å². The van der Waals surface area contributed by atoms with Crippen molar-refractivity contribution in [3.63, 3.8) is 0 Å². The van der Waals surface area contributed by atoms with Crippen molar-refractivity contribution in [3.05, 3.63) is 23.3 Å². The lowest BCUT2D eigenvalue weighted by atomic mass is 9.91. The van der Waals surface area contributed by atoms with Gasteiger partial charge in [-0.3, -0.25) is 0 Å². The van der Waals surface area contributed by atoms with Crippen LogP contribution in [0, 0.1) is 12.8 Å². The van der Waals surface area contributed by atoms with Crippen molar-refractivity contribution in [1.82, 2.24) is 15.3 Å². The average Bonchev–Trinajstić information content (AvgIpc) is 2.68. The Bertz CT molecular complexity index is 387. The third-order valence-electron chi connectivity index (χ3n) is 3.30. The van der Waals surface area contributed by atoms with E-state index in [9.17, 15) is 0 Å². The topological polar surface area (TPSA) is 37.8 Å². The fourth-order valence-electron chi connectivity index (χ4n) is 2.25. The van der Waals surface area contributed by atoms with Crippen molar-refractivity contribution in [2.75, 3.05) is 13.1 Å². The van der Waals surface area contributed by atoms with Gasteiger partial charge in [0.05, 0.1) is 0 Å². The van der Waals surface area contributed by atoms with E-state index in [1.807, 2.05) is 0 Å². The molecule has 3 heteroatoms. The number of nitrogens with zero attached hydrogens (tertiary/aromatic N) is 2. The minimum absolute atomic E-state index is 0.108. The molecule has 0 aliphatic carbocycles. The summed E-state index contributed by atoms with van der Waals surface area (Å²) in [5.74, 6) is 1.73. The summed E-state index contributed by atoms with van der Waals surface area (Å²) in [6, 6.07) is 2.11. The normalized spacial score (nSPS) is 20.8. The quantitative estimate of drug-likeness (QED) is 0.851. The van der Waals surface area contributed by atoms with Crippen LogP contribution < -0.4 is 5.32 Å². The molecule has 1 aromatic heterocycles. The van der Waals surface area contributed by atoms with E-state index in [1.165, 1.54) is 6.42 Å². The van der Waals surface area contributed by atoms with Crippen LogP contribution in [0.2, 0.25) is 0 Å². The average molecular weight is 233 g/mol.